The standard InChI is InChI=1S/C21H15N7O6/c29-20(25-22-12-14-4-1-6-16(10-14)27(31)32)18-8-3-9-19(24-18)21(30)26-23-13-15-5-2-7-17(11-15)28(33)34/h1-13H,(H,25,29)(H,26,30)/b22-12-,23-13-. The first kappa shape index (κ1) is 23.3. The van der Waals surface area contributed by atoms with E-state index >= 15 is 0 Å². The van der Waals surface area contributed by atoms with E-state index in [1.54, 1.807) is 12.1 Å². The number of pyridine rings is 1. The lowest BCUT2D eigenvalue weighted by atomic mass is 10.2. The average molecular weight is 461 g/mol. The first-order valence-electron chi connectivity index (χ1n) is 9.46. The molecule has 0 atom stereocenters. The fourth-order valence-electron chi connectivity index (χ4n) is 2.57. The second kappa shape index (κ2) is 10.8. The van der Waals surface area contributed by atoms with Gasteiger partial charge in [-0.05, 0) is 12.1 Å². The van der Waals surface area contributed by atoms with Crippen LogP contribution in [0.4, 0.5) is 11.4 Å². The Labute approximate surface area is 191 Å². The summed E-state index contributed by atoms with van der Waals surface area (Å²) in [5, 5.41) is 29.1. The third-order valence-electron chi connectivity index (χ3n) is 4.14. The molecule has 0 spiro atoms. The molecular weight excluding hydrogens is 446 g/mol. The van der Waals surface area contributed by atoms with Gasteiger partial charge in [0.2, 0.25) is 0 Å². The summed E-state index contributed by atoms with van der Waals surface area (Å²) in [7, 11) is 0. The molecule has 13 heteroatoms. The zero-order chi connectivity index (χ0) is 24.5. The predicted molar refractivity (Wildman–Crippen MR) is 121 cm³/mol. The van der Waals surface area contributed by atoms with Crippen LogP contribution in [0, 0.1) is 20.2 Å². The maximum absolute atomic E-state index is 12.3. The van der Waals surface area contributed by atoms with E-state index in [4.69, 9.17) is 0 Å². The van der Waals surface area contributed by atoms with Crippen LogP contribution in [0.3, 0.4) is 0 Å². The van der Waals surface area contributed by atoms with Crippen LogP contribution in [-0.2, 0) is 0 Å². The Kier molecular flexibility index (Phi) is 7.42. The molecule has 13 nitrogen and oxygen atoms in total. The Balaban J connectivity index is 1.61. The van der Waals surface area contributed by atoms with E-state index < -0.39 is 21.7 Å². The Bertz CT molecular complexity index is 1230. The molecule has 0 aliphatic rings. The van der Waals surface area contributed by atoms with Gasteiger partial charge in [-0.15, -0.1) is 0 Å². The van der Waals surface area contributed by atoms with E-state index in [9.17, 15) is 29.8 Å². The Morgan fingerprint density at radius 1 is 0.735 bits per heavy atom. The molecule has 2 aromatic carbocycles. The second-order valence-electron chi connectivity index (χ2n) is 6.51. The molecule has 0 radical (unpaired) electrons. The van der Waals surface area contributed by atoms with E-state index in [1.807, 2.05) is 0 Å². The number of carbonyl (C=O) groups is 2. The predicted octanol–water partition coefficient (Wildman–Crippen LogP) is 2.43. The van der Waals surface area contributed by atoms with Crippen LogP contribution in [0.25, 0.3) is 0 Å². The number of non-ortho nitro benzene ring substituents is 2. The molecule has 2 amide bonds. The highest BCUT2D eigenvalue weighted by Crippen LogP contribution is 2.12. The number of nitro benzene ring substituents is 2. The lowest BCUT2D eigenvalue weighted by Crippen LogP contribution is -2.23. The van der Waals surface area contributed by atoms with Crippen molar-refractivity contribution in [3.05, 3.63) is 109 Å². The van der Waals surface area contributed by atoms with Gasteiger partial charge in [0.15, 0.2) is 0 Å². The molecular formula is C21H15N7O6. The van der Waals surface area contributed by atoms with Gasteiger partial charge in [0.1, 0.15) is 11.4 Å². The van der Waals surface area contributed by atoms with Gasteiger partial charge < -0.3 is 0 Å². The highest BCUT2D eigenvalue weighted by atomic mass is 16.6. The minimum absolute atomic E-state index is 0.105. The number of hydrogen-bond donors (Lipinski definition) is 2. The largest absolute Gasteiger partial charge is 0.289 e. The number of hydrogen-bond acceptors (Lipinski definition) is 9. The van der Waals surface area contributed by atoms with Gasteiger partial charge in [0.05, 0.1) is 22.3 Å². The van der Waals surface area contributed by atoms with Gasteiger partial charge >= 0.3 is 0 Å². The maximum Gasteiger partial charge on any atom is 0.289 e. The summed E-state index contributed by atoms with van der Waals surface area (Å²) in [6, 6.07) is 15.5. The minimum Gasteiger partial charge on any atom is -0.266 e. The summed E-state index contributed by atoms with van der Waals surface area (Å²) in [5.74, 6) is -1.42. The van der Waals surface area contributed by atoms with Crippen molar-refractivity contribution in [3.8, 4) is 0 Å². The number of rotatable bonds is 8. The van der Waals surface area contributed by atoms with Crippen molar-refractivity contribution >= 4 is 35.6 Å². The van der Waals surface area contributed by atoms with Crippen LogP contribution < -0.4 is 10.9 Å². The third kappa shape index (κ3) is 6.34. The molecule has 0 saturated carbocycles. The number of nitro groups is 2. The molecule has 170 valence electrons. The number of benzene rings is 2. The summed E-state index contributed by atoms with van der Waals surface area (Å²) in [4.78, 5) is 49.0. The highest BCUT2D eigenvalue weighted by molar-refractivity contribution is 5.97. The van der Waals surface area contributed by atoms with Crippen molar-refractivity contribution in [1.29, 1.82) is 0 Å². The quantitative estimate of drug-likeness (QED) is 0.293. The Hall–Kier alpha value is -5.33. The second-order valence-corrected chi connectivity index (χ2v) is 6.51. The smallest absolute Gasteiger partial charge is 0.266 e. The molecule has 34 heavy (non-hydrogen) atoms. The SMILES string of the molecule is O=C(N/N=C\c1cccc([N+](=O)[O-])c1)c1cccc(C(=O)N/N=C\c2cccc([N+](=O)[O-])c2)n1. The van der Waals surface area contributed by atoms with E-state index in [0.29, 0.717) is 11.1 Å². The molecule has 0 aliphatic heterocycles. The van der Waals surface area contributed by atoms with Crippen molar-refractivity contribution in [2.24, 2.45) is 10.2 Å². The van der Waals surface area contributed by atoms with Crippen molar-refractivity contribution < 1.29 is 19.4 Å². The topological polar surface area (TPSA) is 182 Å². The number of nitrogens with zero attached hydrogens (tertiary/aromatic N) is 5. The first-order chi connectivity index (χ1) is 16.3. The van der Waals surface area contributed by atoms with Gasteiger partial charge in [-0.25, -0.2) is 15.8 Å². The average Bonchev–Trinajstić information content (AvgIpc) is 2.84. The number of carbonyl (C=O) groups excluding carboxylic acids is 2. The summed E-state index contributed by atoms with van der Waals surface area (Å²) in [5.41, 5.74) is 4.79. The van der Waals surface area contributed by atoms with Crippen LogP contribution in [-0.4, -0.2) is 39.1 Å². The maximum atomic E-state index is 12.3. The van der Waals surface area contributed by atoms with Crippen molar-refractivity contribution in [3.63, 3.8) is 0 Å². The molecule has 1 heterocycles. The Morgan fingerprint density at radius 3 is 1.56 bits per heavy atom. The van der Waals surface area contributed by atoms with E-state index in [-0.39, 0.29) is 22.8 Å². The zero-order valence-electron chi connectivity index (χ0n) is 17.2. The fraction of sp³-hybridized carbons (Fsp3) is 0. The van der Waals surface area contributed by atoms with Crippen LogP contribution in [0.15, 0.2) is 76.9 Å². The highest BCUT2D eigenvalue weighted by Gasteiger charge is 2.12. The lowest BCUT2D eigenvalue weighted by Gasteiger charge is -2.03. The van der Waals surface area contributed by atoms with E-state index in [0.717, 1.165) is 0 Å². The molecule has 3 aromatic rings. The summed E-state index contributed by atoms with van der Waals surface area (Å²) in [6.07, 6.45) is 2.45. The van der Waals surface area contributed by atoms with Crippen LogP contribution in [0.2, 0.25) is 0 Å². The van der Waals surface area contributed by atoms with Gasteiger partial charge in [0.25, 0.3) is 23.2 Å². The van der Waals surface area contributed by atoms with E-state index in [2.05, 4.69) is 26.0 Å². The Morgan fingerprint density at radius 2 is 1.15 bits per heavy atom. The molecule has 3 rings (SSSR count). The van der Waals surface area contributed by atoms with Crippen LogP contribution in [0.5, 0.6) is 0 Å². The summed E-state index contributed by atoms with van der Waals surface area (Å²) >= 11 is 0. The van der Waals surface area contributed by atoms with Crippen LogP contribution in [0.1, 0.15) is 32.1 Å². The molecule has 0 fully saturated rings. The van der Waals surface area contributed by atoms with Crippen molar-refractivity contribution in [2.75, 3.05) is 0 Å². The van der Waals surface area contributed by atoms with Crippen LogP contribution >= 0.6 is 0 Å². The fourth-order valence-corrected chi connectivity index (χ4v) is 2.57. The lowest BCUT2D eigenvalue weighted by molar-refractivity contribution is -0.385. The summed E-state index contributed by atoms with van der Waals surface area (Å²) < 4.78 is 0. The number of hydrazone groups is 2. The number of nitrogens with one attached hydrogen (secondary N) is 2. The molecule has 1 aromatic heterocycles. The minimum atomic E-state index is -0.712. The number of aromatic nitrogens is 1. The summed E-state index contributed by atoms with van der Waals surface area (Å²) in [6.45, 7) is 0. The van der Waals surface area contributed by atoms with Gasteiger partial charge in [-0.3, -0.25) is 29.8 Å². The van der Waals surface area contributed by atoms with Gasteiger partial charge in [0, 0.05) is 35.4 Å². The molecule has 0 saturated heterocycles. The van der Waals surface area contributed by atoms with Crippen molar-refractivity contribution in [2.45, 2.75) is 0 Å². The van der Waals surface area contributed by atoms with E-state index in [1.165, 1.54) is 67.0 Å². The molecule has 2 N–H and O–H groups in total. The van der Waals surface area contributed by atoms with Crippen molar-refractivity contribution in [1.82, 2.24) is 15.8 Å². The normalized spacial score (nSPS) is 10.8. The van der Waals surface area contributed by atoms with Gasteiger partial charge in [-0.2, -0.15) is 10.2 Å². The molecule has 0 bridgehead atoms. The monoisotopic (exact) mass is 461 g/mol. The number of amides is 2. The molecule has 0 aliphatic carbocycles. The molecule has 0 unspecified atom stereocenters. The van der Waals surface area contributed by atoms with Gasteiger partial charge in [-0.1, -0.05) is 30.3 Å². The first-order valence-corrected chi connectivity index (χ1v) is 9.46. The zero-order valence-corrected chi connectivity index (χ0v) is 17.2. The third-order valence-corrected chi connectivity index (χ3v) is 4.14.